The van der Waals surface area contributed by atoms with Gasteiger partial charge >= 0.3 is 0 Å². The fourth-order valence-corrected chi connectivity index (χ4v) is 4.99. The molecule has 1 saturated carbocycles. The molecular weight excluding hydrogens is 588 g/mol. The van der Waals surface area contributed by atoms with Crippen molar-refractivity contribution in [3.63, 3.8) is 0 Å². The molecule has 1 fully saturated rings. The van der Waals surface area contributed by atoms with E-state index in [4.69, 9.17) is 4.74 Å². The Bertz CT molecular complexity index is 1470. The van der Waals surface area contributed by atoms with Crippen molar-refractivity contribution in [2.75, 3.05) is 0 Å². The zero-order valence-corrected chi connectivity index (χ0v) is 22.2. The van der Waals surface area contributed by atoms with Crippen LogP contribution in [0.2, 0.25) is 0 Å². The van der Waals surface area contributed by atoms with E-state index in [0.717, 1.165) is 27.2 Å². The number of hydrogen-bond donors (Lipinski definition) is 2. The topological polar surface area (TPSA) is 97.6 Å². The van der Waals surface area contributed by atoms with E-state index in [-0.39, 0.29) is 29.4 Å². The van der Waals surface area contributed by atoms with Crippen molar-refractivity contribution < 1.29 is 18.7 Å². The molecule has 0 atom stereocenters. The Morgan fingerprint density at radius 3 is 2.43 bits per heavy atom. The van der Waals surface area contributed by atoms with Crippen molar-refractivity contribution >= 4 is 40.1 Å². The summed E-state index contributed by atoms with van der Waals surface area (Å²) in [5.74, 6) is -0.714. The van der Waals surface area contributed by atoms with Crippen LogP contribution < -0.4 is 15.4 Å². The number of nitrogens with zero attached hydrogens (tertiary/aromatic N) is 3. The van der Waals surface area contributed by atoms with Crippen LogP contribution in [0.25, 0.3) is 5.65 Å². The number of imidazole rings is 1. The number of aromatic nitrogens is 3. The highest BCUT2D eigenvalue weighted by molar-refractivity contribution is 14.1. The van der Waals surface area contributed by atoms with Gasteiger partial charge in [0.05, 0.1) is 6.20 Å². The molecule has 0 spiro atoms. The Morgan fingerprint density at radius 1 is 1.03 bits per heavy atom. The molecule has 1 aromatic carbocycles. The number of ether oxygens (including phenoxy) is 1. The number of pyridine rings is 2. The molecule has 0 unspecified atom stereocenters. The van der Waals surface area contributed by atoms with E-state index >= 15 is 0 Å². The number of amides is 2. The fourth-order valence-electron chi connectivity index (χ4n) is 4.48. The lowest BCUT2D eigenvalue weighted by atomic mass is 9.91. The SMILES string of the molecule is Cc1cccc2nc(C(=O)NC3CCC(NC(=O)c4cc(F)cnc4Oc4cccc(I)c4)CC3)cn12. The van der Waals surface area contributed by atoms with Crippen LogP contribution in [0.3, 0.4) is 0 Å². The van der Waals surface area contributed by atoms with Gasteiger partial charge in [0.25, 0.3) is 11.8 Å². The summed E-state index contributed by atoms with van der Waals surface area (Å²) in [6.45, 7) is 1.96. The first-order valence-corrected chi connectivity index (χ1v) is 13.1. The summed E-state index contributed by atoms with van der Waals surface area (Å²) in [6.07, 6.45) is 5.54. The molecule has 3 heterocycles. The Balaban J connectivity index is 1.18. The van der Waals surface area contributed by atoms with Crippen molar-refractivity contribution in [2.45, 2.75) is 44.7 Å². The molecule has 0 bridgehead atoms. The number of fused-ring (bicyclic) bond motifs is 1. The Kier molecular flexibility index (Phi) is 7.36. The van der Waals surface area contributed by atoms with Crippen LogP contribution in [0.4, 0.5) is 4.39 Å². The molecule has 8 nitrogen and oxygen atoms in total. The second-order valence-corrected chi connectivity index (χ2v) is 10.3. The van der Waals surface area contributed by atoms with Gasteiger partial charge in [0, 0.05) is 27.5 Å². The molecule has 190 valence electrons. The first-order valence-electron chi connectivity index (χ1n) is 12.0. The van der Waals surface area contributed by atoms with Crippen LogP contribution in [0.1, 0.15) is 52.2 Å². The number of aryl methyl sites for hydroxylation is 1. The van der Waals surface area contributed by atoms with Gasteiger partial charge in [-0.25, -0.2) is 14.4 Å². The summed E-state index contributed by atoms with van der Waals surface area (Å²) < 4.78 is 22.6. The first kappa shape index (κ1) is 25.1. The zero-order valence-electron chi connectivity index (χ0n) is 20.1. The van der Waals surface area contributed by atoms with Crippen molar-refractivity contribution in [1.82, 2.24) is 25.0 Å². The van der Waals surface area contributed by atoms with Crippen molar-refractivity contribution in [2.24, 2.45) is 0 Å². The highest BCUT2D eigenvalue weighted by Gasteiger charge is 2.26. The lowest BCUT2D eigenvalue weighted by Gasteiger charge is -2.29. The molecule has 5 rings (SSSR count). The average Bonchev–Trinajstić information content (AvgIpc) is 3.32. The lowest BCUT2D eigenvalue weighted by Crippen LogP contribution is -2.44. The van der Waals surface area contributed by atoms with Crippen LogP contribution in [0.15, 0.2) is 60.9 Å². The van der Waals surface area contributed by atoms with Gasteiger partial charge in [-0.05, 0) is 91.6 Å². The Morgan fingerprint density at radius 2 is 1.73 bits per heavy atom. The molecule has 0 radical (unpaired) electrons. The van der Waals surface area contributed by atoms with E-state index < -0.39 is 11.7 Å². The van der Waals surface area contributed by atoms with Crippen molar-refractivity contribution in [1.29, 1.82) is 0 Å². The van der Waals surface area contributed by atoms with E-state index in [1.807, 2.05) is 41.7 Å². The first-order chi connectivity index (χ1) is 17.9. The van der Waals surface area contributed by atoms with Gasteiger partial charge in [-0.1, -0.05) is 12.1 Å². The summed E-state index contributed by atoms with van der Waals surface area (Å²) in [6, 6.07) is 14.0. The maximum atomic E-state index is 13.9. The van der Waals surface area contributed by atoms with Crippen LogP contribution in [-0.2, 0) is 0 Å². The van der Waals surface area contributed by atoms with Crippen molar-refractivity contribution in [3.8, 4) is 11.6 Å². The molecule has 1 aliphatic carbocycles. The number of benzene rings is 1. The maximum absolute atomic E-state index is 13.9. The second kappa shape index (κ2) is 10.8. The van der Waals surface area contributed by atoms with Gasteiger partial charge in [0.2, 0.25) is 5.88 Å². The predicted octanol–water partition coefficient (Wildman–Crippen LogP) is 5.04. The molecule has 2 amide bonds. The van der Waals surface area contributed by atoms with E-state index in [0.29, 0.717) is 37.1 Å². The Hall–Kier alpha value is -3.54. The normalized spacial score (nSPS) is 17.4. The number of carbonyl (C=O) groups excluding carboxylic acids is 2. The summed E-state index contributed by atoms with van der Waals surface area (Å²) in [5, 5.41) is 6.04. The van der Waals surface area contributed by atoms with E-state index in [1.165, 1.54) is 0 Å². The van der Waals surface area contributed by atoms with Gasteiger partial charge in [-0.15, -0.1) is 0 Å². The third kappa shape index (κ3) is 5.90. The molecule has 1 aliphatic rings. The molecule has 0 aliphatic heterocycles. The van der Waals surface area contributed by atoms with Crippen LogP contribution in [0, 0.1) is 16.3 Å². The molecule has 0 saturated heterocycles. The minimum absolute atomic E-state index is 0.0122. The number of carbonyl (C=O) groups is 2. The molecule has 2 N–H and O–H groups in total. The smallest absolute Gasteiger partial charge is 0.271 e. The number of halogens is 2. The number of hydrogen-bond acceptors (Lipinski definition) is 5. The zero-order chi connectivity index (χ0) is 25.9. The highest BCUT2D eigenvalue weighted by atomic mass is 127. The molecular formula is C27H25FIN5O3. The molecule has 3 aromatic heterocycles. The third-order valence-electron chi connectivity index (χ3n) is 6.40. The third-order valence-corrected chi connectivity index (χ3v) is 7.07. The fraction of sp³-hybridized carbons (Fsp3) is 0.259. The number of rotatable bonds is 6. The summed E-state index contributed by atoms with van der Waals surface area (Å²) >= 11 is 2.16. The van der Waals surface area contributed by atoms with Crippen LogP contribution in [0.5, 0.6) is 11.6 Å². The van der Waals surface area contributed by atoms with Gasteiger partial charge in [0.15, 0.2) is 0 Å². The lowest BCUT2D eigenvalue weighted by molar-refractivity contribution is 0.0888. The van der Waals surface area contributed by atoms with E-state index in [9.17, 15) is 14.0 Å². The van der Waals surface area contributed by atoms with Gasteiger partial charge in [-0.3, -0.25) is 9.59 Å². The molecule has 37 heavy (non-hydrogen) atoms. The van der Waals surface area contributed by atoms with Gasteiger partial charge < -0.3 is 19.8 Å². The summed E-state index contributed by atoms with van der Waals surface area (Å²) in [5.41, 5.74) is 2.15. The summed E-state index contributed by atoms with van der Waals surface area (Å²) in [4.78, 5) is 34.2. The van der Waals surface area contributed by atoms with E-state index in [2.05, 4.69) is 43.2 Å². The minimum Gasteiger partial charge on any atom is -0.438 e. The van der Waals surface area contributed by atoms with Crippen molar-refractivity contribution in [3.05, 3.63) is 87.3 Å². The standard InChI is InChI=1S/C27H25FIN5O3/c1-16-4-2-7-24-33-23(15-34(16)24)26(36)32-20-10-8-19(9-11-20)31-25(35)22-12-17(28)14-30-27(22)37-21-6-3-5-18(29)13-21/h2-7,12-15,19-20H,8-11H2,1H3,(H,31,35)(H,32,36). The molecule has 4 aromatic rings. The van der Waals surface area contributed by atoms with Gasteiger partial charge in [0.1, 0.15) is 28.5 Å². The number of nitrogens with one attached hydrogen (secondary N) is 2. The average molecular weight is 613 g/mol. The largest absolute Gasteiger partial charge is 0.438 e. The van der Waals surface area contributed by atoms with E-state index in [1.54, 1.807) is 18.3 Å². The van der Waals surface area contributed by atoms with Crippen LogP contribution in [-0.4, -0.2) is 38.3 Å². The molecule has 10 heteroatoms. The Labute approximate surface area is 226 Å². The van der Waals surface area contributed by atoms with Gasteiger partial charge in [-0.2, -0.15) is 0 Å². The minimum atomic E-state index is -0.617. The van der Waals surface area contributed by atoms with Crippen LogP contribution >= 0.6 is 22.6 Å². The maximum Gasteiger partial charge on any atom is 0.271 e. The summed E-state index contributed by atoms with van der Waals surface area (Å²) in [7, 11) is 0. The highest BCUT2D eigenvalue weighted by Crippen LogP contribution is 2.26. The quantitative estimate of drug-likeness (QED) is 0.297. The predicted molar refractivity (Wildman–Crippen MR) is 144 cm³/mol. The second-order valence-electron chi connectivity index (χ2n) is 9.08. The monoisotopic (exact) mass is 613 g/mol.